The lowest BCUT2D eigenvalue weighted by Gasteiger charge is -2.12. The van der Waals surface area contributed by atoms with Gasteiger partial charge in [0, 0.05) is 17.3 Å². The summed E-state index contributed by atoms with van der Waals surface area (Å²) < 4.78 is 34.6. The van der Waals surface area contributed by atoms with E-state index in [0.717, 1.165) is 0 Å². The van der Waals surface area contributed by atoms with Crippen molar-refractivity contribution in [2.24, 2.45) is 0 Å². The second-order valence-corrected chi connectivity index (χ2v) is 4.77. The second-order valence-electron chi connectivity index (χ2n) is 4.77. The first-order valence-corrected chi connectivity index (χ1v) is 7.14. The van der Waals surface area contributed by atoms with Crippen LogP contribution in [0.2, 0.25) is 0 Å². The van der Waals surface area contributed by atoms with Crippen LogP contribution in [0.5, 0.6) is 11.5 Å². The topological polar surface area (TPSA) is 71.3 Å². The van der Waals surface area contributed by atoms with E-state index in [0.29, 0.717) is 11.3 Å². The fraction of sp³-hybridized carbons (Fsp3) is 0.111. The molecule has 2 rings (SSSR count). The first kappa shape index (κ1) is 17.9. The molecular weight excluding hydrogens is 330 g/mol. The molecule has 7 heteroatoms. The highest BCUT2D eigenvalue weighted by Crippen LogP contribution is 2.33. The quantitative estimate of drug-likeness (QED) is 0.809. The first-order valence-electron chi connectivity index (χ1n) is 7.14. The average molecular weight is 344 g/mol. The molecule has 1 N–H and O–H groups in total. The van der Waals surface area contributed by atoms with Crippen molar-refractivity contribution >= 4 is 17.7 Å². The van der Waals surface area contributed by atoms with Crippen molar-refractivity contribution in [2.45, 2.75) is 6.61 Å². The molecule has 0 radical (unpaired) electrons. The number of ether oxygens (including phenoxy) is 2. The van der Waals surface area contributed by atoms with E-state index in [1.54, 1.807) is 30.3 Å². The number of nitrogens with one attached hydrogen (secondary N) is 1. The van der Waals surface area contributed by atoms with Crippen LogP contribution in [0.4, 0.5) is 14.5 Å². The van der Waals surface area contributed by atoms with Gasteiger partial charge in [0.1, 0.15) is 0 Å². The number of nitriles is 1. The average Bonchev–Trinajstić information content (AvgIpc) is 2.61. The third-order valence-corrected chi connectivity index (χ3v) is 3.13. The van der Waals surface area contributed by atoms with Crippen molar-refractivity contribution in [1.29, 1.82) is 5.26 Å². The van der Waals surface area contributed by atoms with Gasteiger partial charge in [-0.3, -0.25) is 4.79 Å². The van der Waals surface area contributed by atoms with Gasteiger partial charge in [-0.05, 0) is 36.4 Å². The van der Waals surface area contributed by atoms with Gasteiger partial charge >= 0.3 is 6.61 Å². The van der Waals surface area contributed by atoms with Crippen LogP contribution in [0.15, 0.2) is 48.5 Å². The number of carbonyl (C=O) groups is 1. The number of methoxy groups -OCH3 is 1. The lowest BCUT2D eigenvalue weighted by Crippen LogP contribution is -2.08. The van der Waals surface area contributed by atoms with Gasteiger partial charge in [0.25, 0.3) is 0 Å². The predicted molar refractivity (Wildman–Crippen MR) is 88.4 cm³/mol. The molecule has 0 atom stereocenters. The Morgan fingerprint density at radius 2 is 1.96 bits per heavy atom. The Kier molecular flexibility index (Phi) is 6.07. The van der Waals surface area contributed by atoms with Crippen molar-refractivity contribution in [2.75, 3.05) is 12.4 Å². The molecule has 0 fully saturated rings. The molecular formula is C18H14F2N2O3. The van der Waals surface area contributed by atoms with Crippen LogP contribution < -0.4 is 14.8 Å². The molecule has 5 nitrogen and oxygen atoms in total. The Labute approximate surface area is 143 Å². The normalized spacial score (nSPS) is 10.5. The summed E-state index contributed by atoms with van der Waals surface area (Å²) in [6.45, 7) is -3.02. The second kappa shape index (κ2) is 8.45. The van der Waals surface area contributed by atoms with Crippen LogP contribution in [-0.4, -0.2) is 19.6 Å². The smallest absolute Gasteiger partial charge is 0.387 e. The van der Waals surface area contributed by atoms with Gasteiger partial charge in [-0.25, -0.2) is 0 Å². The van der Waals surface area contributed by atoms with Gasteiger partial charge in [0.05, 0.1) is 18.7 Å². The summed E-state index contributed by atoms with van der Waals surface area (Å²) in [7, 11) is 1.33. The number of benzene rings is 2. The van der Waals surface area contributed by atoms with Gasteiger partial charge in [-0.1, -0.05) is 12.1 Å². The summed E-state index contributed by atoms with van der Waals surface area (Å²) in [4.78, 5) is 11.9. The van der Waals surface area contributed by atoms with E-state index in [-0.39, 0.29) is 17.1 Å². The van der Waals surface area contributed by atoms with E-state index in [2.05, 4.69) is 10.1 Å². The van der Waals surface area contributed by atoms with Crippen molar-refractivity contribution in [1.82, 2.24) is 0 Å². The molecule has 0 aromatic heterocycles. The minimum Gasteiger partial charge on any atom is -0.493 e. The fourth-order valence-electron chi connectivity index (χ4n) is 2.02. The largest absolute Gasteiger partial charge is 0.493 e. The number of alkyl halides is 2. The zero-order valence-corrected chi connectivity index (χ0v) is 13.2. The minimum absolute atomic E-state index is 0.134. The van der Waals surface area contributed by atoms with Crippen LogP contribution in [0, 0.1) is 11.3 Å². The van der Waals surface area contributed by atoms with E-state index >= 15 is 0 Å². The van der Waals surface area contributed by atoms with Crippen molar-refractivity contribution in [3.63, 3.8) is 0 Å². The summed E-state index contributed by atoms with van der Waals surface area (Å²) in [6, 6.07) is 12.9. The maximum absolute atomic E-state index is 12.6. The van der Waals surface area contributed by atoms with E-state index in [4.69, 9.17) is 10.00 Å². The molecule has 128 valence electrons. The van der Waals surface area contributed by atoms with Crippen LogP contribution in [0.1, 0.15) is 11.1 Å². The third kappa shape index (κ3) is 5.04. The van der Waals surface area contributed by atoms with Gasteiger partial charge in [-0.15, -0.1) is 0 Å². The number of nitrogens with zero attached hydrogens (tertiary/aromatic N) is 1. The molecule has 0 aliphatic carbocycles. The number of carbonyl (C=O) groups excluding carboxylic acids is 1. The Morgan fingerprint density at radius 3 is 2.56 bits per heavy atom. The maximum atomic E-state index is 12.6. The van der Waals surface area contributed by atoms with Gasteiger partial charge in [0.15, 0.2) is 11.5 Å². The molecule has 0 unspecified atom stereocenters. The maximum Gasteiger partial charge on any atom is 0.387 e. The lowest BCUT2D eigenvalue weighted by atomic mass is 10.1. The Hall–Kier alpha value is -3.40. The standard InChI is InChI=1S/C18H14F2N2O3/c1-24-15-4-2-3-13(17(15)25-18(19)20)7-10-16(23)22-14-8-5-12(11-21)6-9-14/h2-10,18H,1H3,(H,22,23)/b10-7+. The zero-order chi connectivity index (χ0) is 18.2. The molecule has 0 aliphatic rings. The minimum atomic E-state index is -3.02. The van der Waals surface area contributed by atoms with E-state index in [1.165, 1.54) is 31.4 Å². The van der Waals surface area contributed by atoms with E-state index in [9.17, 15) is 13.6 Å². The molecule has 0 saturated heterocycles. The summed E-state index contributed by atoms with van der Waals surface area (Å²) >= 11 is 0. The van der Waals surface area contributed by atoms with Crippen LogP contribution in [-0.2, 0) is 4.79 Å². The van der Waals surface area contributed by atoms with Gasteiger partial charge in [-0.2, -0.15) is 14.0 Å². The molecule has 0 aliphatic heterocycles. The fourth-order valence-corrected chi connectivity index (χ4v) is 2.02. The number of hydrogen-bond acceptors (Lipinski definition) is 4. The number of hydrogen-bond donors (Lipinski definition) is 1. The highest BCUT2D eigenvalue weighted by molar-refractivity contribution is 6.02. The highest BCUT2D eigenvalue weighted by Gasteiger charge is 2.14. The van der Waals surface area contributed by atoms with Crippen molar-refractivity contribution in [3.8, 4) is 17.6 Å². The molecule has 2 aromatic rings. The molecule has 0 bridgehead atoms. The zero-order valence-electron chi connectivity index (χ0n) is 13.2. The number of rotatable bonds is 6. The summed E-state index contributed by atoms with van der Waals surface area (Å²) in [6.07, 6.45) is 2.53. The molecule has 25 heavy (non-hydrogen) atoms. The van der Waals surface area contributed by atoms with Crippen molar-refractivity contribution < 1.29 is 23.0 Å². The lowest BCUT2D eigenvalue weighted by molar-refractivity contribution is -0.111. The number of halogens is 2. The van der Waals surface area contributed by atoms with Gasteiger partial charge < -0.3 is 14.8 Å². The molecule has 0 saturated carbocycles. The van der Waals surface area contributed by atoms with E-state index in [1.807, 2.05) is 6.07 Å². The molecule has 0 spiro atoms. The highest BCUT2D eigenvalue weighted by atomic mass is 19.3. The summed E-state index contributed by atoms with van der Waals surface area (Å²) in [5.74, 6) is -0.479. The Balaban J connectivity index is 2.14. The molecule has 1 amide bonds. The Morgan fingerprint density at radius 1 is 1.24 bits per heavy atom. The monoisotopic (exact) mass is 344 g/mol. The van der Waals surface area contributed by atoms with Crippen LogP contribution >= 0.6 is 0 Å². The number of anilines is 1. The predicted octanol–water partition coefficient (Wildman–Crippen LogP) is 3.82. The van der Waals surface area contributed by atoms with Crippen LogP contribution in [0.3, 0.4) is 0 Å². The summed E-state index contributed by atoms with van der Waals surface area (Å²) in [5, 5.41) is 11.3. The van der Waals surface area contributed by atoms with Gasteiger partial charge in [0.2, 0.25) is 5.91 Å². The molecule has 2 aromatic carbocycles. The number of amides is 1. The Bertz CT molecular complexity index is 812. The number of para-hydroxylation sites is 1. The van der Waals surface area contributed by atoms with Crippen LogP contribution in [0.25, 0.3) is 6.08 Å². The van der Waals surface area contributed by atoms with E-state index < -0.39 is 12.5 Å². The molecule has 0 heterocycles. The SMILES string of the molecule is COc1cccc(/C=C/C(=O)Nc2ccc(C#N)cc2)c1OC(F)F. The third-order valence-electron chi connectivity index (χ3n) is 3.13. The first-order chi connectivity index (χ1) is 12.0. The summed E-state index contributed by atoms with van der Waals surface area (Å²) in [5.41, 5.74) is 1.25. The van der Waals surface area contributed by atoms with Crippen molar-refractivity contribution in [3.05, 3.63) is 59.7 Å².